The molecule has 3 aliphatic rings. The van der Waals surface area contributed by atoms with E-state index >= 15 is 0 Å². The van der Waals surface area contributed by atoms with Gasteiger partial charge in [-0.1, -0.05) is 26.0 Å². The molecule has 0 unspecified atom stereocenters. The molecule has 6 heteroatoms. The monoisotopic (exact) mass is 359 g/mol. The van der Waals surface area contributed by atoms with Crippen LogP contribution in [0, 0.1) is 29.6 Å². The van der Waals surface area contributed by atoms with E-state index in [9.17, 15) is 19.8 Å². The molecule has 6 nitrogen and oxygen atoms in total. The minimum Gasteiger partial charge on any atom is -0.508 e. The van der Waals surface area contributed by atoms with Crippen LogP contribution in [0.3, 0.4) is 0 Å². The van der Waals surface area contributed by atoms with E-state index in [0.717, 1.165) is 5.56 Å². The Bertz CT molecular complexity index is 745. The lowest BCUT2D eigenvalue weighted by atomic mass is 9.62. The second-order valence-corrected chi connectivity index (χ2v) is 8.25. The topological polar surface area (TPSA) is 87.1 Å². The van der Waals surface area contributed by atoms with Crippen molar-refractivity contribution in [3.05, 3.63) is 29.8 Å². The lowest BCUT2D eigenvalue weighted by molar-refractivity contribution is -0.276. The number of rotatable bonds is 2. The zero-order valence-electron chi connectivity index (χ0n) is 15.3. The van der Waals surface area contributed by atoms with Gasteiger partial charge in [0, 0.05) is 18.9 Å². The zero-order valence-corrected chi connectivity index (χ0v) is 15.3. The molecule has 6 atom stereocenters. The summed E-state index contributed by atoms with van der Waals surface area (Å²) in [6.07, 6.45) is 0.588. The fraction of sp³-hybridized carbons (Fsp3) is 0.600. The van der Waals surface area contributed by atoms with Gasteiger partial charge < -0.3 is 14.9 Å². The number of likely N-dealkylation sites (tertiary alicyclic amines) is 1. The van der Waals surface area contributed by atoms with Gasteiger partial charge in [-0.3, -0.25) is 14.5 Å². The number of carbonyl (C=O) groups is 2. The third kappa shape index (κ3) is 2.32. The van der Waals surface area contributed by atoms with E-state index in [2.05, 4.69) is 0 Å². The first-order chi connectivity index (χ1) is 12.2. The van der Waals surface area contributed by atoms with Crippen LogP contribution < -0.4 is 0 Å². The van der Waals surface area contributed by atoms with E-state index in [0.29, 0.717) is 12.8 Å². The molecule has 1 aromatic carbocycles. The Labute approximate surface area is 152 Å². The largest absolute Gasteiger partial charge is 0.508 e. The van der Waals surface area contributed by atoms with E-state index in [1.807, 2.05) is 13.8 Å². The maximum atomic E-state index is 12.7. The van der Waals surface area contributed by atoms with Crippen LogP contribution in [-0.4, -0.2) is 39.8 Å². The second-order valence-electron chi connectivity index (χ2n) is 8.25. The van der Waals surface area contributed by atoms with Crippen LogP contribution in [0.25, 0.3) is 0 Å². The van der Waals surface area contributed by atoms with Crippen molar-refractivity contribution < 1.29 is 24.5 Å². The number of imide groups is 1. The SMILES string of the molecule is CC(C)[C@H]1C[C@@H]2C(=O)N(C)C(=O)[C@@H]2[C@@H]2C[C@@H](c3ccc(O)cc3)O[C@]12O. The van der Waals surface area contributed by atoms with Gasteiger partial charge in [-0.2, -0.15) is 0 Å². The number of carbonyl (C=O) groups excluding carboxylic acids is 2. The summed E-state index contributed by atoms with van der Waals surface area (Å²) in [6.45, 7) is 4.03. The maximum absolute atomic E-state index is 12.7. The first-order valence-corrected chi connectivity index (χ1v) is 9.24. The van der Waals surface area contributed by atoms with Gasteiger partial charge in [0.1, 0.15) is 5.75 Å². The standard InChI is InChI=1S/C20H25NO5/c1-10(2)14-8-13-17(19(24)21(3)18(13)23)15-9-16(26-20(14,15)25)11-4-6-12(22)7-5-11/h4-7,10,13-17,22,25H,8-9H2,1-3H3/t13-,14+,15-,16-,17-,20+/m0/s1. The molecule has 1 aliphatic carbocycles. The Kier molecular flexibility index (Phi) is 3.90. The molecule has 1 saturated carbocycles. The third-order valence-electron chi connectivity index (χ3n) is 6.57. The molecule has 2 aliphatic heterocycles. The number of hydrogen-bond donors (Lipinski definition) is 2. The fourth-order valence-corrected chi connectivity index (χ4v) is 5.22. The summed E-state index contributed by atoms with van der Waals surface area (Å²) < 4.78 is 6.17. The lowest BCUT2D eigenvalue weighted by Gasteiger charge is -2.46. The van der Waals surface area contributed by atoms with E-state index in [-0.39, 0.29) is 41.4 Å². The summed E-state index contributed by atoms with van der Waals surface area (Å²) in [7, 11) is 1.53. The van der Waals surface area contributed by atoms with Crippen molar-refractivity contribution in [3.8, 4) is 5.75 Å². The lowest BCUT2D eigenvalue weighted by Crippen LogP contribution is -2.55. The highest BCUT2D eigenvalue weighted by Gasteiger charge is 2.66. The van der Waals surface area contributed by atoms with Crippen molar-refractivity contribution in [2.45, 2.75) is 38.6 Å². The molecule has 3 fully saturated rings. The minimum atomic E-state index is -1.42. The predicted octanol–water partition coefficient (Wildman–Crippen LogP) is 2.07. The highest BCUT2D eigenvalue weighted by atomic mass is 16.6. The van der Waals surface area contributed by atoms with Crippen molar-refractivity contribution in [2.24, 2.45) is 29.6 Å². The summed E-state index contributed by atoms with van der Waals surface area (Å²) >= 11 is 0. The minimum absolute atomic E-state index is 0.121. The second kappa shape index (κ2) is 5.79. The zero-order chi connectivity index (χ0) is 18.8. The van der Waals surface area contributed by atoms with Gasteiger partial charge in [0.15, 0.2) is 5.79 Å². The Hall–Kier alpha value is -1.92. The quantitative estimate of drug-likeness (QED) is 0.790. The van der Waals surface area contributed by atoms with Gasteiger partial charge in [0.2, 0.25) is 11.8 Å². The Morgan fingerprint density at radius 1 is 1.15 bits per heavy atom. The number of aliphatic hydroxyl groups is 1. The predicted molar refractivity (Wildman–Crippen MR) is 92.7 cm³/mol. The average molecular weight is 359 g/mol. The highest BCUT2D eigenvalue weighted by molar-refractivity contribution is 6.05. The number of phenolic OH excluding ortho intramolecular Hbond substituents is 1. The van der Waals surface area contributed by atoms with E-state index in [4.69, 9.17) is 4.74 Å². The van der Waals surface area contributed by atoms with Crippen LogP contribution in [0.4, 0.5) is 0 Å². The Morgan fingerprint density at radius 3 is 2.42 bits per heavy atom. The summed E-state index contributed by atoms with van der Waals surface area (Å²) in [5, 5.41) is 21.0. The Morgan fingerprint density at radius 2 is 1.81 bits per heavy atom. The number of aromatic hydroxyl groups is 1. The van der Waals surface area contributed by atoms with Gasteiger partial charge in [0.25, 0.3) is 0 Å². The first kappa shape index (κ1) is 17.5. The number of fused-ring (bicyclic) bond motifs is 3. The van der Waals surface area contributed by atoms with Crippen LogP contribution in [0.1, 0.15) is 38.4 Å². The van der Waals surface area contributed by atoms with Crippen LogP contribution in [0.2, 0.25) is 0 Å². The molecule has 0 bridgehead atoms. The van der Waals surface area contributed by atoms with Crippen LogP contribution >= 0.6 is 0 Å². The number of nitrogens with zero attached hydrogens (tertiary/aromatic N) is 1. The number of hydrogen-bond acceptors (Lipinski definition) is 5. The van der Waals surface area contributed by atoms with Gasteiger partial charge >= 0.3 is 0 Å². The maximum Gasteiger partial charge on any atom is 0.233 e. The number of ether oxygens (including phenoxy) is 1. The van der Waals surface area contributed by atoms with Gasteiger partial charge in [-0.25, -0.2) is 0 Å². The highest BCUT2D eigenvalue weighted by Crippen LogP contribution is 2.59. The van der Waals surface area contributed by atoms with E-state index < -0.39 is 17.6 Å². The van der Waals surface area contributed by atoms with Crippen LogP contribution in [0.15, 0.2) is 24.3 Å². The number of benzene rings is 1. The molecule has 140 valence electrons. The molecular weight excluding hydrogens is 334 g/mol. The Balaban J connectivity index is 1.73. The average Bonchev–Trinajstić information content (AvgIpc) is 3.05. The third-order valence-corrected chi connectivity index (χ3v) is 6.57. The van der Waals surface area contributed by atoms with E-state index in [1.54, 1.807) is 24.3 Å². The van der Waals surface area contributed by atoms with Gasteiger partial charge in [-0.15, -0.1) is 0 Å². The molecule has 2 saturated heterocycles. The summed E-state index contributed by atoms with van der Waals surface area (Å²) in [4.78, 5) is 26.5. The summed E-state index contributed by atoms with van der Waals surface area (Å²) in [6, 6.07) is 6.73. The molecule has 2 heterocycles. The fourth-order valence-electron chi connectivity index (χ4n) is 5.22. The smallest absolute Gasteiger partial charge is 0.233 e. The summed E-state index contributed by atoms with van der Waals surface area (Å²) in [5.74, 6) is -2.98. The molecule has 0 radical (unpaired) electrons. The van der Waals surface area contributed by atoms with E-state index in [1.165, 1.54) is 11.9 Å². The summed E-state index contributed by atoms with van der Waals surface area (Å²) in [5.41, 5.74) is 0.856. The molecule has 0 spiro atoms. The molecule has 2 amide bonds. The molecule has 4 rings (SSSR count). The number of amides is 2. The van der Waals surface area contributed by atoms with Crippen LogP contribution in [-0.2, 0) is 14.3 Å². The normalized spacial score (nSPS) is 39.4. The van der Waals surface area contributed by atoms with Gasteiger partial charge in [-0.05, 0) is 36.5 Å². The van der Waals surface area contributed by atoms with Gasteiger partial charge in [0.05, 0.1) is 17.9 Å². The van der Waals surface area contributed by atoms with Crippen molar-refractivity contribution in [2.75, 3.05) is 7.05 Å². The van der Waals surface area contributed by atoms with Crippen molar-refractivity contribution >= 4 is 11.8 Å². The van der Waals surface area contributed by atoms with Crippen molar-refractivity contribution in [3.63, 3.8) is 0 Å². The van der Waals surface area contributed by atoms with Crippen molar-refractivity contribution in [1.29, 1.82) is 0 Å². The molecule has 26 heavy (non-hydrogen) atoms. The molecule has 0 aromatic heterocycles. The first-order valence-electron chi connectivity index (χ1n) is 9.24. The van der Waals surface area contributed by atoms with Crippen molar-refractivity contribution in [1.82, 2.24) is 4.90 Å². The van der Waals surface area contributed by atoms with Crippen LogP contribution in [0.5, 0.6) is 5.75 Å². The number of phenols is 1. The molecule has 1 aromatic rings. The molecular formula is C20H25NO5. The molecule has 2 N–H and O–H groups in total.